The van der Waals surface area contributed by atoms with Gasteiger partial charge in [0.25, 0.3) is 0 Å². The van der Waals surface area contributed by atoms with Crippen LogP contribution in [-0.4, -0.2) is 71.8 Å². The number of likely N-dealkylation sites (tertiary alicyclic amines) is 1. The highest BCUT2D eigenvalue weighted by molar-refractivity contribution is 6.04. The number of methoxy groups -OCH3 is 1. The average Bonchev–Trinajstić information content (AvgIpc) is 3.46. The van der Waals surface area contributed by atoms with Crippen LogP contribution in [-0.2, 0) is 19.1 Å². The first-order chi connectivity index (χ1) is 16.7. The zero-order valence-corrected chi connectivity index (χ0v) is 21.2. The third-order valence-electron chi connectivity index (χ3n) is 8.10. The number of ether oxygens (including phenoxy) is 2. The van der Waals surface area contributed by atoms with Gasteiger partial charge in [-0.1, -0.05) is 20.8 Å². The highest BCUT2D eigenvalue weighted by Gasteiger charge is 2.79. The van der Waals surface area contributed by atoms with Crippen molar-refractivity contribution >= 4 is 23.4 Å². The largest absolute Gasteiger partial charge is 0.497 e. The summed E-state index contributed by atoms with van der Waals surface area (Å²) >= 11 is 0. The number of amides is 3. The highest BCUT2D eigenvalue weighted by Crippen LogP contribution is 2.64. The predicted octanol–water partition coefficient (Wildman–Crippen LogP) is 1.94. The topological polar surface area (TPSA) is 117 Å². The molecule has 4 rings (SSSR count). The van der Waals surface area contributed by atoms with Crippen LogP contribution >= 0.6 is 0 Å². The van der Waals surface area contributed by atoms with Crippen LogP contribution in [0.2, 0.25) is 0 Å². The van der Waals surface area contributed by atoms with Crippen LogP contribution in [0, 0.1) is 17.8 Å². The molecule has 2 unspecified atom stereocenters. The Morgan fingerprint density at radius 1 is 1.23 bits per heavy atom. The van der Waals surface area contributed by atoms with Crippen LogP contribution in [0.15, 0.2) is 24.3 Å². The fourth-order valence-corrected chi connectivity index (χ4v) is 6.61. The molecular weight excluding hydrogens is 450 g/mol. The number of hydrogen-bond donors (Lipinski definition) is 3. The van der Waals surface area contributed by atoms with E-state index >= 15 is 0 Å². The van der Waals surface area contributed by atoms with E-state index in [1.807, 2.05) is 20.8 Å². The number of hydrogen-bond acceptors (Lipinski definition) is 6. The maximum atomic E-state index is 14.1. The van der Waals surface area contributed by atoms with E-state index in [0.717, 1.165) is 0 Å². The van der Waals surface area contributed by atoms with Gasteiger partial charge in [0.05, 0.1) is 37.2 Å². The second-order valence-electron chi connectivity index (χ2n) is 10.4. The summed E-state index contributed by atoms with van der Waals surface area (Å²) in [6, 6.07) is 5.45. The van der Waals surface area contributed by atoms with E-state index in [1.54, 1.807) is 38.4 Å². The normalized spacial score (nSPS) is 32.0. The van der Waals surface area contributed by atoms with Gasteiger partial charge in [-0.3, -0.25) is 14.4 Å². The van der Waals surface area contributed by atoms with Crippen LogP contribution in [0.4, 0.5) is 5.69 Å². The molecule has 3 saturated heterocycles. The molecule has 0 aromatic heterocycles. The molecule has 9 heteroatoms. The summed E-state index contributed by atoms with van der Waals surface area (Å²) in [6.45, 7) is 5.70. The molecule has 192 valence electrons. The van der Waals surface area contributed by atoms with Gasteiger partial charge in [0.2, 0.25) is 17.7 Å². The zero-order valence-electron chi connectivity index (χ0n) is 21.2. The minimum absolute atomic E-state index is 0.192. The summed E-state index contributed by atoms with van der Waals surface area (Å²) in [7, 11) is 3.13. The van der Waals surface area contributed by atoms with Crippen molar-refractivity contribution in [3.8, 4) is 5.75 Å². The van der Waals surface area contributed by atoms with Crippen LogP contribution in [0.1, 0.15) is 46.5 Å². The SMILES string of the molecule is CC[C@@]12CCC3(O1)C(C(=O)Nc1ccc(OC)cc1)N([C@@H](CO)CC(C)C)C(=O)[C@@H]3[C@@H]2C(=O)NC. The Balaban J connectivity index is 1.77. The Labute approximate surface area is 206 Å². The molecule has 6 atom stereocenters. The fourth-order valence-electron chi connectivity index (χ4n) is 6.61. The monoisotopic (exact) mass is 487 g/mol. The Bertz CT molecular complexity index is 982. The van der Waals surface area contributed by atoms with Crippen molar-refractivity contribution in [1.82, 2.24) is 10.2 Å². The Morgan fingerprint density at radius 3 is 2.46 bits per heavy atom. The molecule has 0 aliphatic carbocycles. The molecule has 3 amide bonds. The summed E-state index contributed by atoms with van der Waals surface area (Å²) < 4.78 is 11.9. The lowest BCUT2D eigenvalue weighted by atomic mass is 9.65. The van der Waals surface area contributed by atoms with Gasteiger partial charge in [-0.25, -0.2) is 0 Å². The fraction of sp³-hybridized carbons (Fsp3) is 0.654. The highest BCUT2D eigenvalue weighted by atomic mass is 16.5. The Hall–Kier alpha value is -2.65. The molecule has 1 spiro atoms. The first kappa shape index (κ1) is 25.4. The first-order valence-electron chi connectivity index (χ1n) is 12.5. The van der Waals surface area contributed by atoms with E-state index in [0.29, 0.717) is 37.1 Å². The van der Waals surface area contributed by atoms with Crippen LogP contribution in [0.25, 0.3) is 0 Å². The minimum atomic E-state index is -1.12. The van der Waals surface area contributed by atoms with Gasteiger partial charge in [0.1, 0.15) is 17.4 Å². The number of fused-ring (bicyclic) bond motifs is 1. The van der Waals surface area contributed by atoms with Gasteiger partial charge in [-0.05, 0) is 55.9 Å². The lowest BCUT2D eigenvalue weighted by Crippen LogP contribution is -2.56. The smallest absolute Gasteiger partial charge is 0.250 e. The molecule has 1 aromatic carbocycles. The van der Waals surface area contributed by atoms with Crippen molar-refractivity contribution in [2.75, 3.05) is 26.1 Å². The second-order valence-corrected chi connectivity index (χ2v) is 10.4. The summed E-state index contributed by atoms with van der Waals surface area (Å²) in [5.41, 5.74) is -1.34. The lowest BCUT2D eigenvalue weighted by molar-refractivity contribution is -0.149. The molecule has 0 saturated carbocycles. The van der Waals surface area contributed by atoms with Crippen LogP contribution < -0.4 is 15.4 Å². The Morgan fingerprint density at radius 2 is 1.91 bits per heavy atom. The third-order valence-corrected chi connectivity index (χ3v) is 8.10. The molecule has 3 aliphatic heterocycles. The molecule has 3 aliphatic rings. The molecule has 35 heavy (non-hydrogen) atoms. The van der Waals surface area contributed by atoms with E-state index in [9.17, 15) is 19.5 Å². The number of anilines is 1. The van der Waals surface area contributed by atoms with Crippen molar-refractivity contribution in [2.45, 2.75) is 69.7 Å². The summed E-state index contributed by atoms with van der Waals surface area (Å²) in [6.07, 6.45) is 2.20. The number of aliphatic hydroxyl groups is 1. The van der Waals surface area contributed by atoms with Gasteiger partial charge in [-0.2, -0.15) is 0 Å². The van der Waals surface area contributed by atoms with Gasteiger partial charge >= 0.3 is 0 Å². The molecule has 3 fully saturated rings. The van der Waals surface area contributed by atoms with Crippen LogP contribution in [0.3, 0.4) is 0 Å². The van der Waals surface area contributed by atoms with Crippen molar-refractivity contribution in [1.29, 1.82) is 0 Å². The van der Waals surface area contributed by atoms with E-state index < -0.39 is 35.1 Å². The summed E-state index contributed by atoms with van der Waals surface area (Å²) in [4.78, 5) is 42.5. The molecule has 9 nitrogen and oxygen atoms in total. The quantitative estimate of drug-likeness (QED) is 0.490. The third kappa shape index (κ3) is 3.89. The maximum Gasteiger partial charge on any atom is 0.250 e. The number of aliphatic hydroxyl groups excluding tert-OH is 1. The number of carbonyl (C=O) groups excluding carboxylic acids is 3. The standard InChI is InChI=1S/C26H37N3O6/c1-6-25-11-12-26(35-25)20(19(25)22(31)27-4)24(33)29(17(14-30)13-15(2)3)21(26)23(32)28-16-7-9-18(34-5)10-8-16/h7-10,15,17,19-21,30H,6,11-14H2,1-5H3,(H,27,31)(H,28,32)/t17-,19-,20+,21?,25+,26?/m1/s1. The average molecular weight is 488 g/mol. The van der Waals surface area contributed by atoms with Crippen LogP contribution in [0.5, 0.6) is 5.75 Å². The van der Waals surface area contributed by atoms with Gasteiger partial charge < -0.3 is 30.1 Å². The number of nitrogens with zero attached hydrogens (tertiary/aromatic N) is 1. The van der Waals surface area contributed by atoms with Crippen molar-refractivity contribution in [2.24, 2.45) is 17.8 Å². The minimum Gasteiger partial charge on any atom is -0.497 e. The van der Waals surface area contributed by atoms with Gasteiger partial charge in [0.15, 0.2) is 0 Å². The van der Waals surface area contributed by atoms with Crippen molar-refractivity contribution < 1.29 is 29.0 Å². The lowest BCUT2D eigenvalue weighted by Gasteiger charge is -2.37. The zero-order chi connectivity index (χ0) is 25.5. The van der Waals surface area contributed by atoms with Crippen molar-refractivity contribution in [3.63, 3.8) is 0 Å². The van der Waals surface area contributed by atoms with Gasteiger partial charge in [-0.15, -0.1) is 0 Å². The predicted molar refractivity (Wildman–Crippen MR) is 130 cm³/mol. The number of carbonyl (C=O) groups is 3. The number of nitrogens with one attached hydrogen (secondary N) is 2. The van der Waals surface area contributed by atoms with Crippen molar-refractivity contribution in [3.05, 3.63) is 24.3 Å². The van der Waals surface area contributed by atoms with E-state index in [2.05, 4.69) is 10.6 Å². The molecule has 0 radical (unpaired) electrons. The van der Waals surface area contributed by atoms with E-state index in [4.69, 9.17) is 9.47 Å². The molecule has 1 aromatic rings. The first-order valence-corrected chi connectivity index (χ1v) is 12.5. The second kappa shape index (κ2) is 9.43. The Kier molecular flexibility index (Phi) is 6.85. The summed E-state index contributed by atoms with van der Waals surface area (Å²) in [5, 5.41) is 15.9. The summed E-state index contributed by atoms with van der Waals surface area (Å²) in [5.74, 6) is -1.51. The molecular formula is C26H37N3O6. The maximum absolute atomic E-state index is 14.1. The molecule has 3 heterocycles. The number of benzene rings is 1. The molecule has 2 bridgehead atoms. The van der Waals surface area contributed by atoms with Gasteiger partial charge in [0, 0.05) is 12.7 Å². The van der Waals surface area contributed by atoms with E-state index in [1.165, 1.54) is 4.90 Å². The molecule has 3 N–H and O–H groups in total. The number of rotatable bonds is 9. The van der Waals surface area contributed by atoms with E-state index in [-0.39, 0.29) is 30.2 Å².